The lowest BCUT2D eigenvalue weighted by molar-refractivity contribution is -0.132. The van der Waals surface area contributed by atoms with Gasteiger partial charge in [-0.15, -0.1) is 0 Å². The molecule has 2 atom stereocenters. The molecule has 1 unspecified atom stereocenters. The van der Waals surface area contributed by atoms with E-state index in [0.717, 1.165) is 36.1 Å². The van der Waals surface area contributed by atoms with Gasteiger partial charge in [-0.3, -0.25) is 19.9 Å². The van der Waals surface area contributed by atoms with Crippen molar-refractivity contribution in [1.82, 2.24) is 15.5 Å². The zero-order valence-corrected chi connectivity index (χ0v) is 20.9. The van der Waals surface area contributed by atoms with Crippen molar-refractivity contribution in [1.29, 1.82) is 5.41 Å². The molecule has 0 aromatic heterocycles. The first kappa shape index (κ1) is 24.8. The van der Waals surface area contributed by atoms with Gasteiger partial charge in [-0.1, -0.05) is 57.5 Å². The van der Waals surface area contributed by atoms with Gasteiger partial charge in [-0.05, 0) is 43.0 Å². The summed E-state index contributed by atoms with van der Waals surface area (Å²) < 4.78 is 5.72. The molecule has 2 heterocycles. The van der Waals surface area contributed by atoms with Crippen LogP contribution in [0.25, 0.3) is 0 Å². The number of ether oxygens (including phenoxy) is 1. The fourth-order valence-corrected chi connectivity index (χ4v) is 5.20. The number of benzene rings is 2. The Kier molecular flexibility index (Phi) is 7.43. The minimum atomic E-state index is -0.358. The summed E-state index contributed by atoms with van der Waals surface area (Å²) in [6.45, 7) is 6.73. The minimum Gasteiger partial charge on any atom is -0.493 e. The van der Waals surface area contributed by atoms with Gasteiger partial charge >= 0.3 is 0 Å². The molecule has 1 saturated heterocycles. The monoisotopic (exact) mass is 476 g/mol. The van der Waals surface area contributed by atoms with Crippen molar-refractivity contribution in [3.63, 3.8) is 0 Å². The lowest BCUT2D eigenvalue weighted by atomic mass is 9.86. The van der Waals surface area contributed by atoms with E-state index in [-0.39, 0.29) is 35.4 Å². The quantitative estimate of drug-likeness (QED) is 0.494. The Morgan fingerprint density at radius 2 is 1.97 bits per heavy atom. The van der Waals surface area contributed by atoms with E-state index in [0.29, 0.717) is 31.4 Å². The number of nitrogens with zero attached hydrogens (tertiary/aromatic N) is 1. The van der Waals surface area contributed by atoms with Crippen molar-refractivity contribution in [2.24, 2.45) is 0 Å². The summed E-state index contributed by atoms with van der Waals surface area (Å²) in [5.41, 5.74) is 2.05. The highest BCUT2D eigenvalue weighted by molar-refractivity contribution is 6.00. The van der Waals surface area contributed by atoms with E-state index in [9.17, 15) is 9.59 Å². The van der Waals surface area contributed by atoms with Crippen LogP contribution in [0.4, 0.5) is 0 Å². The topological polar surface area (TPSA) is 94.5 Å². The van der Waals surface area contributed by atoms with Crippen LogP contribution in [0.3, 0.4) is 0 Å². The molecule has 0 saturated carbocycles. The number of para-hydroxylation sites is 1. The molecular weight excluding hydrogens is 440 g/mol. The number of hydrogen-bond acceptors (Lipinski definition) is 4. The maximum atomic E-state index is 13.3. The summed E-state index contributed by atoms with van der Waals surface area (Å²) in [6, 6.07) is 14.9. The van der Waals surface area contributed by atoms with Gasteiger partial charge in [0.15, 0.2) is 5.96 Å². The fraction of sp³-hybridized carbons (Fsp3) is 0.464. The number of nitrogens with one attached hydrogen (secondary N) is 3. The first-order chi connectivity index (χ1) is 16.9. The summed E-state index contributed by atoms with van der Waals surface area (Å²) >= 11 is 0. The van der Waals surface area contributed by atoms with Crippen molar-refractivity contribution in [3.05, 3.63) is 65.2 Å². The third kappa shape index (κ3) is 5.04. The van der Waals surface area contributed by atoms with Gasteiger partial charge in [0.25, 0.3) is 5.91 Å². The lowest BCUT2D eigenvalue weighted by Gasteiger charge is -2.45. The standard InChI is InChI=1S/C28H36N4O3/c1-4-10-23(32-25(33)18-28(5-2,6-3)31-27(32)29)19-11-9-12-20(17-19)26(34)30-22-15-16-35-24-14-8-7-13-21(22)24/h7-9,11-14,17,22-23H,4-6,10,15-16,18H2,1-3H3,(H2,29,31)(H,30,34)/t22-,23?/m0/s1. The molecule has 2 aromatic rings. The highest BCUT2D eigenvalue weighted by Gasteiger charge is 2.41. The molecule has 7 heteroatoms. The third-order valence-electron chi connectivity index (χ3n) is 7.41. The molecule has 0 bridgehead atoms. The zero-order chi connectivity index (χ0) is 25.0. The second-order valence-corrected chi connectivity index (χ2v) is 9.53. The molecule has 0 spiro atoms. The van der Waals surface area contributed by atoms with E-state index < -0.39 is 0 Å². The molecule has 3 N–H and O–H groups in total. The van der Waals surface area contributed by atoms with Crippen molar-refractivity contribution in [2.75, 3.05) is 6.61 Å². The Balaban J connectivity index is 1.56. The van der Waals surface area contributed by atoms with E-state index in [1.807, 2.05) is 42.5 Å². The van der Waals surface area contributed by atoms with Crippen LogP contribution in [0, 0.1) is 5.41 Å². The maximum absolute atomic E-state index is 13.3. The van der Waals surface area contributed by atoms with Gasteiger partial charge in [0.1, 0.15) is 5.75 Å². The van der Waals surface area contributed by atoms with Crippen molar-refractivity contribution in [3.8, 4) is 5.75 Å². The van der Waals surface area contributed by atoms with Crippen molar-refractivity contribution in [2.45, 2.75) is 76.9 Å². The molecule has 0 radical (unpaired) electrons. The Labute approximate surface area is 207 Å². The van der Waals surface area contributed by atoms with Gasteiger partial charge in [-0.25, -0.2) is 0 Å². The van der Waals surface area contributed by atoms with Crippen LogP contribution in [0.2, 0.25) is 0 Å². The van der Waals surface area contributed by atoms with E-state index in [1.54, 1.807) is 11.0 Å². The molecule has 186 valence electrons. The fourth-order valence-electron chi connectivity index (χ4n) is 5.20. The van der Waals surface area contributed by atoms with Crippen LogP contribution in [-0.2, 0) is 4.79 Å². The first-order valence-electron chi connectivity index (χ1n) is 12.7. The highest BCUT2D eigenvalue weighted by atomic mass is 16.5. The van der Waals surface area contributed by atoms with Gasteiger partial charge in [0.2, 0.25) is 5.91 Å². The molecule has 2 aliphatic rings. The predicted octanol–water partition coefficient (Wildman–Crippen LogP) is 5.10. The molecule has 2 aliphatic heterocycles. The number of carbonyl (C=O) groups is 2. The van der Waals surface area contributed by atoms with E-state index >= 15 is 0 Å². The van der Waals surface area contributed by atoms with Gasteiger partial charge in [0, 0.05) is 23.1 Å². The van der Waals surface area contributed by atoms with Crippen LogP contribution >= 0.6 is 0 Å². The molecule has 2 aromatic carbocycles. The molecule has 7 nitrogen and oxygen atoms in total. The largest absolute Gasteiger partial charge is 0.493 e. The first-order valence-corrected chi connectivity index (χ1v) is 12.7. The third-order valence-corrected chi connectivity index (χ3v) is 7.41. The van der Waals surface area contributed by atoms with E-state index in [1.165, 1.54) is 0 Å². The number of fused-ring (bicyclic) bond motifs is 1. The summed E-state index contributed by atoms with van der Waals surface area (Å²) in [6.07, 6.45) is 4.21. The molecule has 35 heavy (non-hydrogen) atoms. The summed E-state index contributed by atoms with van der Waals surface area (Å²) in [5.74, 6) is 0.769. The molecule has 0 aliphatic carbocycles. The second kappa shape index (κ2) is 10.5. The van der Waals surface area contributed by atoms with Crippen LogP contribution < -0.4 is 15.4 Å². The van der Waals surface area contributed by atoms with Crippen LogP contribution in [0.15, 0.2) is 48.5 Å². The zero-order valence-electron chi connectivity index (χ0n) is 20.9. The summed E-state index contributed by atoms with van der Waals surface area (Å²) in [5, 5.41) is 15.2. The number of amides is 2. The molecule has 4 rings (SSSR count). The number of carbonyl (C=O) groups excluding carboxylic acids is 2. The van der Waals surface area contributed by atoms with E-state index in [4.69, 9.17) is 10.1 Å². The van der Waals surface area contributed by atoms with Crippen LogP contribution in [-0.4, -0.2) is 34.8 Å². The summed E-state index contributed by atoms with van der Waals surface area (Å²) in [7, 11) is 0. The molecule has 2 amide bonds. The van der Waals surface area contributed by atoms with Gasteiger partial charge in [-0.2, -0.15) is 0 Å². The van der Waals surface area contributed by atoms with Crippen molar-refractivity contribution >= 4 is 17.8 Å². The summed E-state index contributed by atoms with van der Waals surface area (Å²) in [4.78, 5) is 28.1. The van der Waals surface area contributed by atoms with Crippen LogP contribution in [0.1, 0.15) is 92.9 Å². The number of guanidine groups is 1. The van der Waals surface area contributed by atoms with Gasteiger partial charge < -0.3 is 15.4 Å². The Bertz CT molecular complexity index is 1080. The highest BCUT2D eigenvalue weighted by Crippen LogP contribution is 2.34. The van der Waals surface area contributed by atoms with Crippen molar-refractivity contribution < 1.29 is 14.3 Å². The second-order valence-electron chi connectivity index (χ2n) is 9.53. The average molecular weight is 477 g/mol. The van der Waals surface area contributed by atoms with E-state index in [2.05, 4.69) is 31.4 Å². The SMILES string of the molecule is CCCC(c1cccc(C(=O)N[C@H]2CCOc3ccccc32)c1)N1C(=N)NC(CC)(CC)CC1=O. The normalized spacial score (nSPS) is 19.9. The Morgan fingerprint density at radius 1 is 1.20 bits per heavy atom. The molecular formula is C28H36N4O3. The maximum Gasteiger partial charge on any atom is 0.251 e. The Hall–Kier alpha value is -3.35. The van der Waals surface area contributed by atoms with Gasteiger partial charge in [0.05, 0.1) is 25.1 Å². The lowest BCUT2D eigenvalue weighted by Crippen LogP contribution is -2.62. The predicted molar refractivity (Wildman–Crippen MR) is 136 cm³/mol. The minimum absolute atomic E-state index is 0.0374. The number of hydrogen-bond donors (Lipinski definition) is 3. The number of rotatable bonds is 8. The van der Waals surface area contributed by atoms with Crippen LogP contribution in [0.5, 0.6) is 5.75 Å². The average Bonchev–Trinajstić information content (AvgIpc) is 2.88. The molecule has 1 fully saturated rings. The Morgan fingerprint density at radius 3 is 2.69 bits per heavy atom. The smallest absolute Gasteiger partial charge is 0.251 e.